The number of nitrogens with zero attached hydrogens (tertiary/aromatic N) is 4. The monoisotopic (exact) mass is 371 g/mol. The molecule has 27 heavy (non-hydrogen) atoms. The van der Waals surface area contributed by atoms with Crippen molar-refractivity contribution in [2.24, 2.45) is 0 Å². The molecule has 146 valence electrons. The number of carbonyl (C=O) groups is 1. The lowest BCUT2D eigenvalue weighted by molar-refractivity contribution is 0.0697. The highest BCUT2D eigenvalue weighted by molar-refractivity contribution is 5.94. The fourth-order valence-corrected chi connectivity index (χ4v) is 3.47. The zero-order chi connectivity index (χ0) is 19.1. The molecule has 1 aromatic heterocycles. The molecular weight excluding hydrogens is 342 g/mol. The van der Waals surface area contributed by atoms with E-state index in [1.807, 2.05) is 28.9 Å². The Kier molecular flexibility index (Phi) is 6.95. The summed E-state index contributed by atoms with van der Waals surface area (Å²) in [5.74, 6) is 0.766. The van der Waals surface area contributed by atoms with Crippen LogP contribution in [-0.2, 0) is 6.54 Å². The highest BCUT2D eigenvalue weighted by Crippen LogP contribution is 2.17. The number of carbonyl (C=O) groups excluding carboxylic acids is 1. The van der Waals surface area contributed by atoms with Crippen LogP contribution < -0.4 is 5.32 Å². The Morgan fingerprint density at radius 3 is 2.85 bits per heavy atom. The first-order valence-corrected chi connectivity index (χ1v) is 9.84. The number of nitrogens with one attached hydrogen (secondary N) is 1. The third-order valence-corrected chi connectivity index (χ3v) is 4.87. The lowest BCUT2D eigenvalue weighted by Crippen LogP contribution is -2.39. The molecular formula is C20H29N5O2. The average Bonchev–Trinajstić information content (AvgIpc) is 3.14. The summed E-state index contributed by atoms with van der Waals surface area (Å²) < 4.78 is 1.88. The summed E-state index contributed by atoms with van der Waals surface area (Å²) in [6.45, 7) is 6.26. The smallest absolute Gasteiger partial charge is 0.251 e. The Bertz CT molecular complexity index is 728. The van der Waals surface area contributed by atoms with E-state index in [0.29, 0.717) is 12.1 Å². The van der Waals surface area contributed by atoms with Gasteiger partial charge in [0, 0.05) is 30.8 Å². The topological polar surface area (TPSA) is 83.3 Å². The van der Waals surface area contributed by atoms with E-state index in [2.05, 4.69) is 27.2 Å². The molecule has 1 aliphatic rings. The van der Waals surface area contributed by atoms with Gasteiger partial charge >= 0.3 is 0 Å². The number of piperidine rings is 1. The Labute approximate surface area is 160 Å². The Morgan fingerprint density at radius 1 is 1.30 bits per heavy atom. The van der Waals surface area contributed by atoms with Gasteiger partial charge in [-0.1, -0.05) is 19.1 Å². The number of aliphatic hydroxyl groups excluding tert-OH is 1. The van der Waals surface area contributed by atoms with Crippen molar-refractivity contribution in [1.82, 2.24) is 25.0 Å². The van der Waals surface area contributed by atoms with Gasteiger partial charge in [0.2, 0.25) is 0 Å². The number of aliphatic hydroxyl groups is 1. The van der Waals surface area contributed by atoms with Crippen molar-refractivity contribution < 1.29 is 9.90 Å². The third kappa shape index (κ3) is 5.37. The molecule has 7 nitrogen and oxygen atoms in total. The van der Waals surface area contributed by atoms with E-state index in [1.54, 1.807) is 6.33 Å². The lowest BCUT2D eigenvalue weighted by Gasteiger charge is -2.29. The standard InChI is InChI=1S/C20H29N5O2/c1-2-11-25-19(22-15-23-25)16-6-8-17(9-7-16)20(27)21-10-4-13-24-12-3-5-18(26)14-24/h6-9,15,18,26H,2-5,10-14H2,1H3,(H,21,27)/t18-/m1/s1. The molecule has 1 amide bonds. The summed E-state index contributed by atoms with van der Waals surface area (Å²) in [6.07, 6.45) is 5.19. The number of β-amino-alcohol motifs (C(OH)–C–C–N with tert-alkyl or cyclic N) is 1. The van der Waals surface area contributed by atoms with Gasteiger partial charge in [0.05, 0.1) is 6.10 Å². The van der Waals surface area contributed by atoms with Gasteiger partial charge in [0.25, 0.3) is 5.91 Å². The molecule has 1 atom stereocenters. The van der Waals surface area contributed by atoms with Crippen molar-refractivity contribution in [3.05, 3.63) is 36.2 Å². The fraction of sp³-hybridized carbons (Fsp3) is 0.550. The van der Waals surface area contributed by atoms with Gasteiger partial charge < -0.3 is 15.3 Å². The van der Waals surface area contributed by atoms with Gasteiger partial charge in [0.15, 0.2) is 5.82 Å². The number of likely N-dealkylation sites (tertiary alicyclic amines) is 1. The predicted octanol–water partition coefficient (Wildman–Crippen LogP) is 1.93. The van der Waals surface area contributed by atoms with Crippen molar-refractivity contribution in [3.63, 3.8) is 0 Å². The van der Waals surface area contributed by atoms with Crippen LogP contribution in [0.2, 0.25) is 0 Å². The molecule has 1 aliphatic heterocycles. The first-order chi connectivity index (χ1) is 13.2. The van der Waals surface area contributed by atoms with E-state index in [1.165, 1.54) is 0 Å². The van der Waals surface area contributed by atoms with Crippen LogP contribution >= 0.6 is 0 Å². The maximum atomic E-state index is 12.3. The molecule has 7 heteroatoms. The van der Waals surface area contributed by atoms with Gasteiger partial charge in [-0.2, -0.15) is 5.10 Å². The summed E-state index contributed by atoms with van der Waals surface area (Å²) >= 11 is 0. The summed E-state index contributed by atoms with van der Waals surface area (Å²) in [4.78, 5) is 18.9. The second kappa shape index (κ2) is 9.62. The molecule has 2 aromatic rings. The quantitative estimate of drug-likeness (QED) is 0.693. The predicted molar refractivity (Wildman–Crippen MR) is 104 cm³/mol. The van der Waals surface area contributed by atoms with Crippen LogP contribution in [-0.4, -0.2) is 63.0 Å². The minimum atomic E-state index is -0.199. The molecule has 2 N–H and O–H groups in total. The fourth-order valence-electron chi connectivity index (χ4n) is 3.47. The molecule has 0 bridgehead atoms. The highest BCUT2D eigenvalue weighted by atomic mass is 16.3. The molecule has 0 aliphatic carbocycles. The third-order valence-electron chi connectivity index (χ3n) is 4.87. The maximum absolute atomic E-state index is 12.3. The SMILES string of the molecule is CCCn1ncnc1-c1ccc(C(=O)NCCCN2CCC[C@@H](O)C2)cc1. The number of aryl methyl sites for hydroxylation is 1. The van der Waals surface area contributed by atoms with E-state index < -0.39 is 0 Å². The van der Waals surface area contributed by atoms with Crippen LogP contribution in [0.4, 0.5) is 0 Å². The van der Waals surface area contributed by atoms with E-state index >= 15 is 0 Å². The van der Waals surface area contributed by atoms with Crippen molar-refractivity contribution in [2.45, 2.75) is 45.3 Å². The number of hydrogen-bond donors (Lipinski definition) is 2. The zero-order valence-electron chi connectivity index (χ0n) is 16.0. The first kappa shape index (κ1) is 19.5. The number of rotatable bonds is 8. The minimum Gasteiger partial charge on any atom is -0.392 e. The summed E-state index contributed by atoms with van der Waals surface area (Å²) in [5, 5.41) is 16.9. The second-order valence-corrected chi connectivity index (χ2v) is 7.09. The summed E-state index contributed by atoms with van der Waals surface area (Å²) in [7, 11) is 0. The van der Waals surface area contributed by atoms with Crippen LogP contribution in [0.1, 0.15) is 43.0 Å². The van der Waals surface area contributed by atoms with E-state index in [4.69, 9.17) is 0 Å². The van der Waals surface area contributed by atoms with Crippen molar-refractivity contribution in [3.8, 4) is 11.4 Å². The number of amides is 1. The molecule has 0 saturated carbocycles. The van der Waals surface area contributed by atoms with Crippen LogP contribution in [0.15, 0.2) is 30.6 Å². The maximum Gasteiger partial charge on any atom is 0.251 e. The van der Waals surface area contributed by atoms with Crippen LogP contribution in [0.5, 0.6) is 0 Å². The Balaban J connectivity index is 1.47. The van der Waals surface area contributed by atoms with E-state index in [9.17, 15) is 9.90 Å². The van der Waals surface area contributed by atoms with Gasteiger partial charge in [-0.05, 0) is 50.9 Å². The molecule has 1 fully saturated rings. The Hall–Kier alpha value is -2.25. The molecule has 0 spiro atoms. The zero-order valence-corrected chi connectivity index (χ0v) is 16.0. The highest BCUT2D eigenvalue weighted by Gasteiger charge is 2.17. The summed E-state index contributed by atoms with van der Waals surface area (Å²) in [6, 6.07) is 7.49. The minimum absolute atomic E-state index is 0.0600. The second-order valence-electron chi connectivity index (χ2n) is 7.09. The number of benzene rings is 1. The van der Waals surface area contributed by atoms with Gasteiger partial charge in [-0.25, -0.2) is 9.67 Å². The average molecular weight is 371 g/mol. The van der Waals surface area contributed by atoms with E-state index in [-0.39, 0.29) is 12.0 Å². The molecule has 1 aromatic carbocycles. The van der Waals surface area contributed by atoms with Crippen LogP contribution in [0.3, 0.4) is 0 Å². The molecule has 0 unspecified atom stereocenters. The first-order valence-electron chi connectivity index (χ1n) is 9.84. The van der Waals surface area contributed by atoms with E-state index in [0.717, 1.165) is 63.3 Å². The van der Waals surface area contributed by atoms with Gasteiger partial charge in [-0.3, -0.25) is 4.79 Å². The largest absolute Gasteiger partial charge is 0.392 e. The molecule has 2 heterocycles. The Morgan fingerprint density at radius 2 is 2.11 bits per heavy atom. The van der Waals surface area contributed by atoms with Crippen molar-refractivity contribution >= 4 is 5.91 Å². The normalized spacial score (nSPS) is 17.8. The lowest BCUT2D eigenvalue weighted by atomic mass is 10.1. The summed E-state index contributed by atoms with van der Waals surface area (Å²) in [5.41, 5.74) is 1.61. The number of hydrogen-bond acceptors (Lipinski definition) is 5. The van der Waals surface area contributed by atoms with Crippen molar-refractivity contribution in [1.29, 1.82) is 0 Å². The van der Waals surface area contributed by atoms with Crippen LogP contribution in [0, 0.1) is 0 Å². The molecule has 0 radical (unpaired) electrons. The van der Waals surface area contributed by atoms with Crippen molar-refractivity contribution in [2.75, 3.05) is 26.2 Å². The van der Waals surface area contributed by atoms with Gasteiger partial charge in [0.1, 0.15) is 6.33 Å². The van der Waals surface area contributed by atoms with Crippen LogP contribution in [0.25, 0.3) is 11.4 Å². The molecule has 1 saturated heterocycles. The molecule has 3 rings (SSSR count). The van der Waals surface area contributed by atoms with Gasteiger partial charge in [-0.15, -0.1) is 0 Å². The number of aromatic nitrogens is 3.